The molecule has 0 aliphatic heterocycles. The van der Waals surface area contributed by atoms with Crippen molar-refractivity contribution in [2.24, 2.45) is 0 Å². The van der Waals surface area contributed by atoms with Gasteiger partial charge in [-0.05, 0) is 41.5 Å². The van der Waals surface area contributed by atoms with E-state index in [1.54, 1.807) is 11.8 Å². The Bertz CT molecular complexity index is 1040. The van der Waals surface area contributed by atoms with E-state index in [4.69, 9.17) is 0 Å². The number of benzene rings is 4. The van der Waals surface area contributed by atoms with Crippen LogP contribution in [0, 0.1) is 0 Å². The first-order valence-electron chi connectivity index (χ1n) is 8.83. The van der Waals surface area contributed by atoms with Crippen molar-refractivity contribution in [3.8, 4) is 11.1 Å². The molecule has 0 aliphatic rings. The summed E-state index contributed by atoms with van der Waals surface area (Å²) in [6, 6.07) is 36.0. The second-order valence-corrected chi connectivity index (χ2v) is 7.30. The van der Waals surface area contributed by atoms with Crippen LogP contribution in [-0.4, -0.2) is 5.78 Å². The van der Waals surface area contributed by atoms with Gasteiger partial charge in [0.05, 0.1) is 0 Å². The Morgan fingerprint density at radius 1 is 0.556 bits per heavy atom. The van der Waals surface area contributed by atoms with Crippen molar-refractivity contribution in [3.05, 3.63) is 120 Å². The molecule has 27 heavy (non-hydrogen) atoms. The first-order valence-corrected chi connectivity index (χ1v) is 9.65. The summed E-state index contributed by atoms with van der Waals surface area (Å²) in [6.07, 6.45) is 0. The third kappa shape index (κ3) is 4.02. The normalized spacial score (nSPS) is 10.5. The predicted octanol–water partition coefficient (Wildman–Crippen LogP) is 6.74. The lowest BCUT2D eigenvalue weighted by Crippen LogP contribution is -2.00. The maximum Gasteiger partial charge on any atom is 0.193 e. The van der Waals surface area contributed by atoms with Crippen LogP contribution in [0.4, 0.5) is 0 Å². The molecule has 0 saturated carbocycles. The lowest BCUT2D eigenvalue weighted by atomic mass is 10.0. The van der Waals surface area contributed by atoms with Crippen LogP contribution < -0.4 is 0 Å². The molecule has 0 atom stereocenters. The Kier molecular flexibility index (Phi) is 5.17. The molecule has 0 spiro atoms. The molecule has 4 rings (SSSR count). The zero-order chi connectivity index (χ0) is 18.5. The van der Waals surface area contributed by atoms with E-state index < -0.39 is 0 Å². The topological polar surface area (TPSA) is 17.1 Å². The molecule has 0 bridgehead atoms. The van der Waals surface area contributed by atoms with Crippen LogP contribution >= 0.6 is 11.8 Å². The molecule has 0 heterocycles. The highest BCUT2D eigenvalue weighted by Crippen LogP contribution is 2.36. The molecular weight excluding hydrogens is 348 g/mol. The second kappa shape index (κ2) is 8.07. The van der Waals surface area contributed by atoms with Crippen LogP contribution in [0.25, 0.3) is 11.1 Å². The molecule has 0 aliphatic carbocycles. The Hall–Kier alpha value is -3.10. The Morgan fingerprint density at radius 2 is 1.11 bits per heavy atom. The Balaban J connectivity index is 1.57. The third-order valence-corrected chi connectivity index (χ3v) is 5.44. The molecule has 130 valence electrons. The lowest BCUT2D eigenvalue weighted by Gasteiger charge is -2.10. The first-order chi connectivity index (χ1) is 13.3. The van der Waals surface area contributed by atoms with Gasteiger partial charge in [0.2, 0.25) is 0 Å². The number of rotatable bonds is 5. The van der Waals surface area contributed by atoms with E-state index in [-0.39, 0.29) is 5.78 Å². The number of ketones is 1. The van der Waals surface area contributed by atoms with Crippen molar-refractivity contribution in [3.63, 3.8) is 0 Å². The van der Waals surface area contributed by atoms with Gasteiger partial charge in [-0.3, -0.25) is 4.79 Å². The minimum atomic E-state index is 0.0526. The Morgan fingerprint density at radius 3 is 1.81 bits per heavy atom. The van der Waals surface area contributed by atoms with E-state index in [1.807, 2.05) is 60.7 Å². The number of carbonyl (C=O) groups is 1. The van der Waals surface area contributed by atoms with Crippen LogP contribution in [0.2, 0.25) is 0 Å². The molecule has 1 nitrogen and oxygen atoms in total. The highest BCUT2D eigenvalue weighted by atomic mass is 32.2. The molecule has 0 fully saturated rings. The third-order valence-electron chi connectivity index (χ3n) is 4.35. The molecule has 4 aromatic rings. The molecule has 0 amide bonds. The zero-order valence-corrected chi connectivity index (χ0v) is 15.5. The van der Waals surface area contributed by atoms with Crippen LogP contribution in [0.1, 0.15) is 15.9 Å². The highest BCUT2D eigenvalue weighted by molar-refractivity contribution is 7.99. The average molecular weight is 366 g/mol. The van der Waals surface area contributed by atoms with Gasteiger partial charge in [-0.1, -0.05) is 90.6 Å². The van der Waals surface area contributed by atoms with Crippen LogP contribution in [-0.2, 0) is 0 Å². The summed E-state index contributed by atoms with van der Waals surface area (Å²) < 4.78 is 0. The summed E-state index contributed by atoms with van der Waals surface area (Å²) in [5.41, 5.74) is 3.85. The van der Waals surface area contributed by atoms with Gasteiger partial charge in [0, 0.05) is 20.9 Å². The lowest BCUT2D eigenvalue weighted by molar-refractivity contribution is 0.103. The molecule has 0 saturated heterocycles. The van der Waals surface area contributed by atoms with Gasteiger partial charge in [-0.25, -0.2) is 0 Å². The number of hydrogen-bond donors (Lipinski definition) is 0. The van der Waals surface area contributed by atoms with E-state index >= 15 is 0 Å². The molecule has 0 aromatic heterocycles. The van der Waals surface area contributed by atoms with Crippen molar-refractivity contribution in [1.29, 1.82) is 0 Å². The molecule has 0 unspecified atom stereocenters. The first kappa shape index (κ1) is 17.3. The molecular formula is C25H18OS. The van der Waals surface area contributed by atoms with Crippen molar-refractivity contribution in [1.82, 2.24) is 0 Å². The number of carbonyl (C=O) groups excluding carboxylic acids is 1. The van der Waals surface area contributed by atoms with Gasteiger partial charge in [-0.15, -0.1) is 0 Å². The molecule has 0 radical (unpaired) electrons. The van der Waals surface area contributed by atoms with E-state index in [9.17, 15) is 4.79 Å². The van der Waals surface area contributed by atoms with E-state index in [0.29, 0.717) is 11.1 Å². The minimum Gasteiger partial charge on any atom is -0.289 e. The number of hydrogen-bond acceptors (Lipinski definition) is 2. The van der Waals surface area contributed by atoms with Crippen molar-refractivity contribution in [2.45, 2.75) is 9.79 Å². The van der Waals surface area contributed by atoms with Gasteiger partial charge in [0.15, 0.2) is 5.78 Å². The maximum atomic E-state index is 12.5. The fraction of sp³-hybridized carbons (Fsp3) is 0. The van der Waals surface area contributed by atoms with Crippen LogP contribution in [0.3, 0.4) is 0 Å². The summed E-state index contributed by atoms with van der Waals surface area (Å²) in [4.78, 5) is 14.9. The van der Waals surface area contributed by atoms with Crippen molar-refractivity contribution >= 4 is 17.5 Å². The summed E-state index contributed by atoms with van der Waals surface area (Å²) in [7, 11) is 0. The predicted molar refractivity (Wildman–Crippen MR) is 112 cm³/mol. The van der Waals surface area contributed by atoms with Gasteiger partial charge in [0.1, 0.15) is 0 Å². The smallest absolute Gasteiger partial charge is 0.193 e. The van der Waals surface area contributed by atoms with Crippen molar-refractivity contribution in [2.75, 3.05) is 0 Å². The van der Waals surface area contributed by atoms with E-state index in [1.165, 1.54) is 16.0 Å². The fourth-order valence-corrected chi connectivity index (χ4v) is 3.94. The van der Waals surface area contributed by atoms with Crippen LogP contribution in [0.15, 0.2) is 119 Å². The van der Waals surface area contributed by atoms with Gasteiger partial charge in [0.25, 0.3) is 0 Å². The maximum absolute atomic E-state index is 12.5. The molecule has 0 N–H and O–H groups in total. The minimum absolute atomic E-state index is 0.0526. The fourth-order valence-electron chi connectivity index (χ4n) is 2.97. The molecule has 4 aromatic carbocycles. The summed E-state index contributed by atoms with van der Waals surface area (Å²) >= 11 is 1.71. The second-order valence-electron chi connectivity index (χ2n) is 6.18. The largest absolute Gasteiger partial charge is 0.289 e. The van der Waals surface area contributed by atoms with Crippen LogP contribution in [0.5, 0.6) is 0 Å². The SMILES string of the molecule is O=C(c1ccccc1)c1ccc(Sc2ccccc2-c2ccccc2)cc1. The summed E-state index contributed by atoms with van der Waals surface area (Å²) in [5, 5.41) is 0. The van der Waals surface area contributed by atoms with Gasteiger partial charge >= 0.3 is 0 Å². The molecule has 2 heteroatoms. The van der Waals surface area contributed by atoms with Gasteiger partial charge < -0.3 is 0 Å². The summed E-state index contributed by atoms with van der Waals surface area (Å²) in [5.74, 6) is 0.0526. The Labute approximate surface area is 163 Å². The monoisotopic (exact) mass is 366 g/mol. The van der Waals surface area contributed by atoms with Crippen molar-refractivity contribution < 1.29 is 4.79 Å². The average Bonchev–Trinajstić information content (AvgIpc) is 2.75. The highest BCUT2D eigenvalue weighted by Gasteiger charge is 2.10. The van der Waals surface area contributed by atoms with Gasteiger partial charge in [-0.2, -0.15) is 0 Å². The van der Waals surface area contributed by atoms with E-state index in [2.05, 4.69) is 48.5 Å². The van der Waals surface area contributed by atoms with E-state index in [0.717, 1.165) is 4.90 Å². The quantitative estimate of drug-likeness (QED) is 0.364. The summed E-state index contributed by atoms with van der Waals surface area (Å²) in [6.45, 7) is 0. The standard InChI is InChI=1S/C25H18OS/c26-25(20-11-5-2-6-12-20)21-15-17-22(18-16-21)27-24-14-8-7-13-23(24)19-9-3-1-4-10-19/h1-18H. The zero-order valence-electron chi connectivity index (χ0n) is 14.7.